The molecule has 2 heterocycles. The van der Waals surface area contributed by atoms with E-state index < -0.39 is 12.1 Å². The van der Waals surface area contributed by atoms with Crippen molar-refractivity contribution in [3.63, 3.8) is 0 Å². The molecule has 6 heteroatoms. The van der Waals surface area contributed by atoms with Gasteiger partial charge in [-0.25, -0.2) is 9.78 Å². The van der Waals surface area contributed by atoms with E-state index in [1.807, 2.05) is 48.5 Å². The molecule has 1 aliphatic rings. The van der Waals surface area contributed by atoms with Gasteiger partial charge in [0, 0.05) is 11.8 Å². The fraction of sp³-hybridized carbons (Fsp3) is 0.0952. The number of aromatic nitrogens is 1. The van der Waals surface area contributed by atoms with Gasteiger partial charge in [0.15, 0.2) is 11.2 Å². The molecule has 0 radical (unpaired) electrons. The van der Waals surface area contributed by atoms with Crippen LogP contribution in [0.25, 0.3) is 21.0 Å². The van der Waals surface area contributed by atoms with Gasteiger partial charge in [0.1, 0.15) is 0 Å². The fourth-order valence-corrected chi connectivity index (χ4v) is 4.26. The maximum absolute atomic E-state index is 12.6. The number of thiazole rings is 1. The van der Waals surface area contributed by atoms with Crippen molar-refractivity contribution in [2.45, 2.75) is 12.5 Å². The molecule has 1 atom stereocenters. The number of amides is 1. The number of benzene rings is 3. The van der Waals surface area contributed by atoms with Gasteiger partial charge in [-0.05, 0) is 23.1 Å². The van der Waals surface area contributed by atoms with Crippen molar-refractivity contribution in [3.8, 4) is 0 Å². The van der Waals surface area contributed by atoms with E-state index in [0.29, 0.717) is 17.1 Å². The van der Waals surface area contributed by atoms with E-state index in [4.69, 9.17) is 4.74 Å². The first kappa shape index (κ1) is 16.0. The highest BCUT2D eigenvalue weighted by Crippen LogP contribution is 2.32. The largest absolute Gasteiger partial charge is 0.448 e. The Kier molecular flexibility index (Phi) is 3.65. The predicted molar refractivity (Wildman–Crippen MR) is 105 cm³/mol. The third kappa shape index (κ3) is 2.74. The molecule has 1 aliphatic heterocycles. The summed E-state index contributed by atoms with van der Waals surface area (Å²) in [5.74, 6) is -0.825. The number of anilines is 1. The summed E-state index contributed by atoms with van der Waals surface area (Å²) in [6, 6.07) is 19.2. The van der Waals surface area contributed by atoms with E-state index >= 15 is 0 Å². The fourth-order valence-electron chi connectivity index (χ4n) is 3.38. The number of esters is 1. The average molecular weight is 374 g/mol. The second-order valence-corrected chi connectivity index (χ2v) is 7.43. The molecule has 0 saturated carbocycles. The minimum absolute atomic E-state index is 0.360. The average Bonchev–Trinajstić information content (AvgIpc) is 3.11. The quantitative estimate of drug-likeness (QED) is 0.535. The van der Waals surface area contributed by atoms with Gasteiger partial charge in [0.2, 0.25) is 0 Å². The Balaban J connectivity index is 1.43. The van der Waals surface area contributed by atoms with E-state index in [9.17, 15) is 9.59 Å². The third-order valence-corrected chi connectivity index (χ3v) is 5.63. The van der Waals surface area contributed by atoms with Crippen molar-refractivity contribution >= 4 is 49.3 Å². The van der Waals surface area contributed by atoms with E-state index in [-0.39, 0.29) is 5.91 Å². The topological polar surface area (TPSA) is 68.3 Å². The molecule has 3 aromatic carbocycles. The summed E-state index contributed by atoms with van der Waals surface area (Å²) in [5.41, 5.74) is 2.21. The molecule has 132 valence electrons. The number of hydrogen-bond donors (Lipinski definition) is 1. The molecule has 1 amide bonds. The number of fused-ring (bicyclic) bond motifs is 4. The van der Waals surface area contributed by atoms with E-state index in [1.165, 1.54) is 11.3 Å². The summed E-state index contributed by atoms with van der Waals surface area (Å²) in [5, 5.41) is 5.46. The standard InChI is InChI=1S/C21H14N2O3S/c24-19(16-11-13-6-2-4-8-15(13)20(25)26-16)23-21-22-18-14-7-3-1-5-12(14)9-10-17(18)27-21/h1-10,16H,11H2,(H,22,23,24)/t16-/m1/s1. The van der Waals surface area contributed by atoms with E-state index in [0.717, 1.165) is 26.6 Å². The number of carbonyl (C=O) groups is 2. The molecule has 0 bridgehead atoms. The Morgan fingerprint density at radius 1 is 1.07 bits per heavy atom. The highest BCUT2D eigenvalue weighted by atomic mass is 32.1. The molecule has 4 aromatic rings. The van der Waals surface area contributed by atoms with Gasteiger partial charge >= 0.3 is 5.97 Å². The van der Waals surface area contributed by atoms with Crippen molar-refractivity contribution in [1.82, 2.24) is 4.98 Å². The lowest BCUT2D eigenvalue weighted by Crippen LogP contribution is -2.37. The third-order valence-electron chi connectivity index (χ3n) is 4.70. The highest BCUT2D eigenvalue weighted by molar-refractivity contribution is 7.22. The number of nitrogens with zero attached hydrogens (tertiary/aromatic N) is 1. The normalized spacial score (nSPS) is 16.1. The summed E-state index contributed by atoms with van der Waals surface area (Å²) < 4.78 is 6.31. The van der Waals surface area contributed by atoms with E-state index in [2.05, 4.69) is 10.3 Å². The van der Waals surface area contributed by atoms with Gasteiger partial charge in [-0.3, -0.25) is 10.1 Å². The maximum Gasteiger partial charge on any atom is 0.339 e. The predicted octanol–water partition coefficient (Wildman–Crippen LogP) is 4.17. The van der Waals surface area contributed by atoms with Crippen LogP contribution in [0.2, 0.25) is 0 Å². The lowest BCUT2D eigenvalue weighted by molar-refractivity contribution is -0.125. The SMILES string of the molecule is O=C1O[C@@H](C(=O)Nc2nc3c(ccc4ccccc43)s2)Cc2ccccc21. The molecule has 0 aliphatic carbocycles. The zero-order valence-corrected chi connectivity index (χ0v) is 15.0. The van der Waals surface area contributed by atoms with Crippen LogP contribution in [-0.4, -0.2) is 23.0 Å². The first-order valence-corrected chi connectivity index (χ1v) is 9.39. The Hall–Kier alpha value is -3.25. The Bertz CT molecular complexity index is 1210. The van der Waals surface area contributed by atoms with Gasteiger partial charge in [-0.1, -0.05) is 59.9 Å². The number of rotatable bonds is 2. The van der Waals surface area contributed by atoms with Crippen LogP contribution in [0.3, 0.4) is 0 Å². The van der Waals surface area contributed by atoms with Crippen LogP contribution in [0.4, 0.5) is 5.13 Å². The smallest absolute Gasteiger partial charge is 0.339 e. The Labute approximate surface area is 158 Å². The zero-order chi connectivity index (χ0) is 18.4. The van der Waals surface area contributed by atoms with Crippen molar-refractivity contribution < 1.29 is 14.3 Å². The Morgan fingerprint density at radius 2 is 1.89 bits per heavy atom. The molecule has 0 spiro atoms. The van der Waals surface area contributed by atoms with Crippen LogP contribution in [0.1, 0.15) is 15.9 Å². The number of cyclic esters (lactones) is 1. The van der Waals surface area contributed by atoms with Crippen molar-refractivity contribution in [1.29, 1.82) is 0 Å². The first-order chi connectivity index (χ1) is 13.2. The van der Waals surface area contributed by atoms with Crippen LogP contribution in [0, 0.1) is 0 Å². The number of nitrogens with one attached hydrogen (secondary N) is 1. The Morgan fingerprint density at radius 3 is 2.81 bits per heavy atom. The van der Waals surface area contributed by atoms with E-state index in [1.54, 1.807) is 12.1 Å². The second-order valence-electron chi connectivity index (χ2n) is 6.40. The molecular weight excluding hydrogens is 360 g/mol. The number of carbonyl (C=O) groups excluding carboxylic acids is 2. The second kappa shape index (κ2) is 6.17. The summed E-state index contributed by atoms with van der Waals surface area (Å²) in [6.07, 6.45) is -0.488. The van der Waals surface area contributed by atoms with Gasteiger partial charge in [0.25, 0.3) is 5.91 Å². The zero-order valence-electron chi connectivity index (χ0n) is 14.1. The first-order valence-electron chi connectivity index (χ1n) is 8.57. The van der Waals surface area contributed by atoms with Crippen LogP contribution >= 0.6 is 11.3 Å². The van der Waals surface area contributed by atoms with Gasteiger partial charge < -0.3 is 4.74 Å². The molecule has 0 unspecified atom stereocenters. The molecule has 5 rings (SSSR count). The van der Waals surface area contributed by atoms with Crippen molar-refractivity contribution in [3.05, 3.63) is 71.8 Å². The summed E-state index contributed by atoms with van der Waals surface area (Å²) in [6.45, 7) is 0. The van der Waals surface area contributed by atoms with Crippen molar-refractivity contribution in [2.75, 3.05) is 5.32 Å². The van der Waals surface area contributed by atoms with Gasteiger partial charge in [-0.2, -0.15) is 0 Å². The lowest BCUT2D eigenvalue weighted by atomic mass is 9.98. The van der Waals surface area contributed by atoms with Crippen LogP contribution in [0.15, 0.2) is 60.7 Å². The van der Waals surface area contributed by atoms with Gasteiger partial charge in [-0.15, -0.1) is 0 Å². The van der Waals surface area contributed by atoms with Crippen LogP contribution in [0.5, 0.6) is 0 Å². The minimum atomic E-state index is -0.851. The lowest BCUT2D eigenvalue weighted by Gasteiger charge is -2.23. The minimum Gasteiger partial charge on any atom is -0.448 e. The summed E-state index contributed by atoms with van der Waals surface area (Å²) in [4.78, 5) is 29.4. The van der Waals surface area contributed by atoms with Crippen LogP contribution < -0.4 is 5.32 Å². The molecule has 1 aromatic heterocycles. The monoisotopic (exact) mass is 374 g/mol. The maximum atomic E-state index is 12.6. The van der Waals surface area contributed by atoms with Crippen LogP contribution in [-0.2, 0) is 16.0 Å². The summed E-state index contributed by atoms with van der Waals surface area (Å²) >= 11 is 1.41. The molecule has 1 N–H and O–H groups in total. The van der Waals surface area contributed by atoms with Crippen molar-refractivity contribution in [2.24, 2.45) is 0 Å². The molecule has 0 saturated heterocycles. The van der Waals surface area contributed by atoms with Gasteiger partial charge in [0.05, 0.1) is 15.8 Å². The number of ether oxygens (including phenoxy) is 1. The highest BCUT2D eigenvalue weighted by Gasteiger charge is 2.31. The molecule has 0 fully saturated rings. The summed E-state index contributed by atoms with van der Waals surface area (Å²) in [7, 11) is 0. The molecule has 5 nitrogen and oxygen atoms in total. The number of hydrogen-bond acceptors (Lipinski definition) is 5. The molecular formula is C21H14N2O3S. The molecule has 27 heavy (non-hydrogen) atoms.